The van der Waals surface area contributed by atoms with Gasteiger partial charge in [-0.15, -0.1) is 0 Å². The van der Waals surface area contributed by atoms with Crippen LogP contribution < -0.4 is 5.32 Å². The highest BCUT2D eigenvalue weighted by molar-refractivity contribution is 5.46. The fraction of sp³-hybridized carbons (Fsp3) is 0.571. The lowest BCUT2D eigenvalue weighted by atomic mass is 9.87. The van der Waals surface area contributed by atoms with Crippen molar-refractivity contribution < 1.29 is 0 Å². The molecule has 0 bridgehead atoms. The van der Waals surface area contributed by atoms with Gasteiger partial charge in [0.1, 0.15) is 5.82 Å². The van der Waals surface area contributed by atoms with E-state index in [1.54, 1.807) is 6.20 Å². The Morgan fingerprint density at radius 2 is 1.88 bits per heavy atom. The van der Waals surface area contributed by atoms with Crippen molar-refractivity contribution in [1.29, 1.82) is 0 Å². The molecule has 4 rings (SSSR count). The predicted octanol–water partition coefficient (Wildman–Crippen LogP) is 4.37. The summed E-state index contributed by atoms with van der Waals surface area (Å²) in [5, 5.41) is 3.21. The minimum atomic E-state index is 0.514. The van der Waals surface area contributed by atoms with Gasteiger partial charge in [0.15, 0.2) is 0 Å². The number of anilines is 2. The van der Waals surface area contributed by atoms with Crippen LogP contribution in [0.4, 0.5) is 11.8 Å². The van der Waals surface area contributed by atoms with E-state index >= 15 is 0 Å². The van der Waals surface area contributed by atoms with Crippen molar-refractivity contribution in [2.45, 2.75) is 50.9 Å². The van der Waals surface area contributed by atoms with E-state index in [2.05, 4.69) is 26.3 Å². The van der Waals surface area contributed by atoms with E-state index in [1.165, 1.54) is 58.0 Å². The number of hydrogen-bond donors (Lipinski definition) is 1. The van der Waals surface area contributed by atoms with Gasteiger partial charge in [0, 0.05) is 31.4 Å². The van der Waals surface area contributed by atoms with Crippen molar-refractivity contribution in [3.8, 4) is 0 Å². The molecule has 0 spiro atoms. The molecule has 0 amide bonds. The minimum absolute atomic E-state index is 0.514. The molecule has 1 atom stereocenters. The molecule has 1 aliphatic carbocycles. The van der Waals surface area contributed by atoms with Crippen LogP contribution >= 0.6 is 0 Å². The fourth-order valence-corrected chi connectivity index (χ4v) is 4.41. The third-order valence-corrected chi connectivity index (χ3v) is 5.75. The summed E-state index contributed by atoms with van der Waals surface area (Å²) in [6.45, 7) is 3.66. The van der Waals surface area contributed by atoms with Crippen molar-refractivity contribution in [3.63, 3.8) is 0 Å². The number of hydrogen-bond acceptors (Lipinski definition) is 5. The molecule has 5 nitrogen and oxygen atoms in total. The van der Waals surface area contributed by atoms with Crippen LogP contribution in [0.3, 0.4) is 0 Å². The van der Waals surface area contributed by atoms with Gasteiger partial charge in [-0.1, -0.05) is 25.3 Å². The van der Waals surface area contributed by atoms with Gasteiger partial charge in [-0.05, 0) is 56.3 Å². The topological polar surface area (TPSA) is 53.9 Å². The molecule has 1 N–H and O–H groups in total. The van der Waals surface area contributed by atoms with Gasteiger partial charge in [-0.3, -0.25) is 0 Å². The summed E-state index contributed by atoms with van der Waals surface area (Å²) in [5.74, 6) is 2.85. The van der Waals surface area contributed by atoms with Gasteiger partial charge in [-0.25, -0.2) is 15.0 Å². The van der Waals surface area contributed by atoms with Crippen LogP contribution in [0.2, 0.25) is 0 Å². The first-order chi connectivity index (χ1) is 12.9. The first kappa shape index (κ1) is 17.4. The quantitative estimate of drug-likeness (QED) is 0.866. The van der Waals surface area contributed by atoms with E-state index in [-0.39, 0.29) is 0 Å². The zero-order valence-corrected chi connectivity index (χ0v) is 15.5. The van der Waals surface area contributed by atoms with Crippen molar-refractivity contribution in [3.05, 3.63) is 42.4 Å². The van der Waals surface area contributed by atoms with Crippen LogP contribution in [-0.2, 0) is 0 Å². The number of aromatic nitrogens is 3. The molecule has 2 aromatic heterocycles. The average Bonchev–Trinajstić information content (AvgIpc) is 2.70. The second kappa shape index (κ2) is 8.58. The van der Waals surface area contributed by atoms with Gasteiger partial charge in [0.2, 0.25) is 5.95 Å². The number of pyridine rings is 1. The van der Waals surface area contributed by atoms with Crippen LogP contribution in [0.5, 0.6) is 0 Å². The third-order valence-electron chi connectivity index (χ3n) is 5.75. The molecule has 1 saturated heterocycles. The molecule has 1 unspecified atom stereocenters. The van der Waals surface area contributed by atoms with Gasteiger partial charge >= 0.3 is 0 Å². The maximum absolute atomic E-state index is 4.78. The standard InChI is InChI=1S/C21H29N5/c1-2-7-17(8-3-1)15-26-14-6-9-18(16-26)19-11-13-23-21(24-19)25-20-10-4-5-12-22-20/h4-5,10-13,17-18H,1-3,6-9,14-16H2,(H,22,23,24,25). The zero-order valence-electron chi connectivity index (χ0n) is 15.5. The highest BCUT2D eigenvalue weighted by atomic mass is 15.2. The molecule has 1 saturated carbocycles. The maximum atomic E-state index is 4.78. The Morgan fingerprint density at radius 3 is 2.73 bits per heavy atom. The second-order valence-corrected chi connectivity index (χ2v) is 7.75. The Hall–Kier alpha value is -2.01. The fourth-order valence-electron chi connectivity index (χ4n) is 4.41. The van der Waals surface area contributed by atoms with Gasteiger partial charge < -0.3 is 10.2 Å². The Morgan fingerprint density at radius 1 is 0.962 bits per heavy atom. The zero-order chi connectivity index (χ0) is 17.6. The number of rotatable bonds is 5. The maximum Gasteiger partial charge on any atom is 0.228 e. The lowest BCUT2D eigenvalue weighted by Crippen LogP contribution is -2.38. The molecule has 3 heterocycles. The summed E-state index contributed by atoms with van der Waals surface area (Å²) in [6.07, 6.45) is 13.3. The lowest BCUT2D eigenvalue weighted by molar-refractivity contribution is 0.159. The van der Waals surface area contributed by atoms with Crippen molar-refractivity contribution in [2.24, 2.45) is 5.92 Å². The summed E-state index contributed by atoms with van der Waals surface area (Å²) in [7, 11) is 0. The Balaban J connectivity index is 1.39. The smallest absolute Gasteiger partial charge is 0.228 e. The van der Waals surface area contributed by atoms with Gasteiger partial charge in [0.25, 0.3) is 0 Å². The van der Waals surface area contributed by atoms with Crippen molar-refractivity contribution in [1.82, 2.24) is 19.9 Å². The first-order valence-electron chi connectivity index (χ1n) is 10.1. The molecule has 0 aromatic carbocycles. The molecule has 5 heteroatoms. The number of nitrogens with one attached hydrogen (secondary N) is 1. The van der Waals surface area contributed by atoms with Crippen LogP contribution in [0.25, 0.3) is 0 Å². The monoisotopic (exact) mass is 351 g/mol. The van der Waals surface area contributed by atoms with E-state index < -0.39 is 0 Å². The van der Waals surface area contributed by atoms with Gasteiger partial charge in [0.05, 0.1) is 5.69 Å². The molecular formula is C21H29N5. The van der Waals surface area contributed by atoms with E-state index in [0.717, 1.165) is 24.0 Å². The molecule has 0 radical (unpaired) electrons. The number of piperidine rings is 1. The molecule has 1 aliphatic heterocycles. The van der Waals surface area contributed by atoms with Crippen LogP contribution in [0.1, 0.15) is 56.6 Å². The minimum Gasteiger partial charge on any atom is -0.309 e. The van der Waals surface area contributed by atoms with Crippen molar-refractivity contribution in [2.75, 3.05) is 25.0 Å². The third kappa shape index (κ3) is 4.58. The van der Waals surface area contributed by atoms with E-state index in [1.807, 2.05) is 24.4 Å². The highest BCUT2D eigenvalue weighted by Crippen LogP contribution is 2.29. The summed E-state index contributed by atoms with van der Waals surface area (Å²) >= 11 is 0. The summed E-state index contributed by atoms with van der Waals surface area (Å²) < 4.78 is 0. The molecular weight excluding hydrogens is 322 g/mol. The predicted molar refractivity (Wildman–Crippen MR) is 105 cm³/mol. The highest BCUT2D eigenvalue weighted by Gasteiger charge is 2.25. The van der Waals surface area contributed by atoms with Crippen LogP contribution in [0, 0.1) is 5.92 Å². The Bertz CT molecular complexity index is 684. The molecule has 26 heavy (non-hydrogen) atoms. The Kier molecular flexibility index (Phi) is 5.75. The van der Waals surface area contributed by atoms with Crippen LogP contribution in [-0.4, -0.2) is 39.5 Å². The average molecular weight is 351 g/mol. The van der Waals surface area contributed by atoms with E-state index in [4.69, 9.17) is 4.98 Å². The lowest BCUT2D eigenvalue weighted by Gasteiger charge is -2.35. The normalized spacial score (nSPS) is 22.2. The molecule has 2 aliphatic rings. The Labute approximate surface area is 156 Å². The summed E-state index contributed by atoms with van der Waals surface area (Å²) in [5.41, 5.74) is 1.16. The van der Waals surface area contributed by atoms with Gasteiger partial charge in [-0.2, -0.15) is 0 Å². The first-order valence-corrected chi connectivity index (χ1v) is 10.1. The number of nitrogens with zero attached hydrogens (tertiary/aromatic N) is 4. The summed E-state index contributed by atoms with van der Waals surface area (Å²) in [6, 6.07) is 7.88. The SMILES string of the molecule is c1ccc(Nc2nccc(C3CCCN(CC4CCCCC4)C3)n2)nc1. The summed E-state index contributed by atoms with van der Waals surface area (Å²) in [4.78, 5) is 16.1. The molecule has 138 valence electrons. The second-order valence-electron chi connectivity index (χ2n) is 7.75. The van der Waals surface area contributed by atoms with E-state index in [9.17, 15) is 0 Å². The molecule has 2 aromatic rings. The van der Waals surface area contributed by atoms with Crippen molar-refractivity contribution >= 4 is 11.8 Å². The van der Waals surface area contributed by atoms with Crippen LogP contribution in [0.15, 0.2) is 36.7 Å². The molecule has 2 fully saturated rings. The largest absolute Gasteiger partial charge is 0.309 e. The number of likely N-dealkylation sites (tertiary alicyclic amines) is 1. The van der Waals surface area contributed by atoms with E-state index in [0.29, 0.717) is 11.9 Å².